The molecule has 0 bridgehead atoms. The zero-order chi connectivity index (χ0) is 45.1. The summed E-state index contributed by atoms with van der Waals surface area (Å²) in [6.07, 6.45) is 1.98. The van der Waals surface area contributed by atoms with Crippen LogP contribution in [0, 0.1) is 6.67 Å². The lowest BCUT2D eigenvalue weighted by Crippen LogP contribution is -2.46. The number of rotatable bonds is 9. The third-order valence-corrected chi connectivity index (χ3v) is 13.9. The second-order valence-corrected chi connectivity index (χ2v) is 21.3. The summed E-state index contributed by atoms with van der Waals surface area (Å²) >= 11 is 0. The Hall–Kier alpha value is -6.01. The Labute approximate surface area is 380 Å². The van der Waals surface area contributed by atoms with E-state index in [0.717, 1.165) is 28.4 Å². The molecule has 4 heterocycles. The molecule has 324 valence electrons. The maximum Gasteiger partial charge on any atom is 0.225 e. The van der Waals surface area contributed by atoms with Crippen LogP contribution in [-0.2, 0) is 10.8 Å². The van der Waals surface area contributed by atoms with E-state index in [0.29, 0.717) is 26.9 Å². The Morgan fingerprint density at radius 2 is 1.16 bits per heavy atom. The van der Waals surface area contributed by atoms with Gasteiger partial charge in [-0.2, -0.15) is 9.18 Å². The zero-order valence-corrected chi connectivity index (χ0v) is 39.8. The van der Waals surface area contributed by atoms with Gasteiger partial charge in [0.2, 0.25) is 11.4 Å². The molecule has 8 aromatic rings. The van der Waals surface area contributed by atoms with Crippen LogP contribution in [-0.4, -0.2) is 9.55 Å². The Balaban J connectivity index is 1.06. The summed E-state index contributed by atoms with van der Waals surface area (Å²) in [5.74, 6) is 3.69. The van der Waals surface area contributed by atoms with Crippen LogP contribution in [0.5, 0.6) is 11.5 Å². The van der Waals surface area contributed by atoms with Gasteiger partial charge < -0.3 is 4.74 Å². The van der Waals surface area contributed by atoms with Crippen LogP contribution in [0.15, 0.2) is 140 Å². The van der Waals surface area contributed by atoms with Gasteiger partial charge in [-0.15, -0.1) is 0 Å². The summed E-state index contributed by atoms with van der Waals surface area (Å²) in [7, 11) is 0. The first-order chi connectivity index (χ1) is 30.4. The Morgan fingerprint density at radius 3 is 1.84 bits per heavy atom. The number of quaternary nitrogens is 2. The molecule has 0 aliphatic carbocycles. The summed E-state index contributed by atoms with van der Waals surface area (Å²) in [5, 5.41) is 2.35. The number of hydrogen-bond donors (Lipinski definition) is 0. The molecule has 1 unspecified atom stereocenters. The van der Waals surface area contributed by atoms with Crippen LogP contribution in [0.3, 0.4) is 0 Å². The predicted octanol–water partition coefficient (Wildman–Crippen LogP) is 16.9. The zero-order valence-electron chi connectivity index (χ0n) is 39.8. The minimum Gasteiger partial charge on any atom is -0.457 e. The van der Waals surface area contributed by atoms with Crippen LogP contribution >= 0.6 is 0 Å². The number of nitrogens with zero attached hydrogens (tertiary/aromatic N) is 4. The maximum atomic E-state index is 6.89. The van der Waals surface area contributed by atoms with Gasteiger partial charge in [0.05, 0.1) is 11.0 Å². The normalized spacial score (nSPS) is 18.2. The van der Waals surface area contributed by atoms with Gasteiger partial charge >= 0.3 is 0 Å². The molecule has 5 nitrogen and oxygen atoms in total. The molecular weight excluding hydrogens is 781 g/mol. The third-order valence-electron chi connectivity index (χ3n) is 13.9. The number of fused-ring (bicyclic) bond motifs is 7. The lowest BCUT2D eigenvalue weighted by molar-refractivity contribution is 0.421. The molecule has 5 heteroatoms. The lowest BCUT2D eigenvalue weighted by Gasteiger charge is -2.41. The second-order valence-electron chi connectivity index (χ2n) is 21.3. The molecule has 2 aliphatic rings. The lowest BCUT2D eigenvalue weighted by atomic mass is 9.82. The first kappa shape index (κ1) is 42.0. The largest absolute Gasteiger partial charge is 0.457 e. The van der Waals surface area contributed by atoms with Gasteiger partial charge in [-0.05, 0) is 104 Å². The molecule has 2 atom stereocenters. The molecule has 0 saturated carbocycles. The summed E-state index contributed by atoms with van der Waals surface area (Å²) in [6.45, 7) is 30.1. The summed E-state index contributed by atoms with van der Waals surface area (Å²) in [4.78, 5) is 5.08. The standard InChI is InChI=1S/C59H63N4O/c1-37(2)41-29-50(38(3)4)57(51(30-41)39(5)6)40-27-28-60-56(31-40)61-52-22-14-13-21-48(52)49-25-24-47(35-53(49)61)64-46-20-16-19-45(34-46)62-36-63(62,44-18-15-17-42(32-44)58(7,8)9)55-33-43(59(10,11)12)23-26-54(55)62/h13-39H,1-12H3/q+1/t62?,63-/m0/s1. The summed E-state index contributed by atoms with van der Waals surface area (Å²) in [6, 6.07) is 49.5. The van der Waals surface area contributed by atoms with Crippen molar-refractivity contribution in [3.05, 3.63) is 174 Å². The monoisotopic (exact) mass is 843 g/mol. The van der Waals surface area contributed by atoms with E-state index in [4.69, 9.17) is 9.72 Å². The van der Waals surface area contributed by atoms with E-state index in [-0.39, 0.29) is 10.8 Å². The number of aromatic nitrogens is 2. The van der Waals surface area contributed by atoms with Gasteiger partial charge in [-0.1, -0.05) is 138 Å². The highest BCUT2D eigenvalue weighted by Gasteiger charge is 2.78. The van der Waals surface area contributed by atoms with E-state index >= 15 is 0 Å². The van der Waals surface area contributed by atoms with E-state index < -0.39 is 0 Å². The van der Waals surface area contributed by atoms with E-state index in [1.54, 1.807) is 0 Å². The first-order valence-electron chi connectivity index (χ1n) is 23.3. The highest BCUT2D eigenvalue weighted by molar-refractivity contribution is 6.09. The Morgan fingerprint density at radius 1 is 0.531 bits per heavy atom. The van der Waals surface area contributed by atoms with E-state index in [1.807, 2.05) is 6.20 Å². The smallest absolute Gasteiger partial charge is 0.225 e. The Bertz CT molecular complexity index is 3110. The van der Waals surface area contributed by atoms with Crippen molar-refractivity contribution in [1.82, 2.24) is 18.7 Å². The van der Waals surface area contributed by atoms with Gasteiger partial charge in [-0.25, -0.2) is 4.98 Å². The molecule has 0 spiro atoms. The molecule has 1 saturated heterocycles. The fourth-order valence-electron chi connectivity index (χ4n) is 10.3. The number of para-hydroxylation sites is 1. The maximum absolute atomic E-state index is 6.89. The van der Waals surface area contributed by atoms with E-state index in [1.165, 1.54) is 72.5 Å². The fourth-order valence-corrected chi connectivity index (χ4v) is 10.3. The van der Waals surface area contributed by atoms with Crippen molar-refractivity contribution >= 4 is 44.6 Å². The molecule has 0 amide bonds. The highest BCUT2D eigenvalue weighted by Crippen LogP contribution is 2.75. The van der Waals surface area contributed by atoms with Crippen molar-refractivity contribution in [2.75, 3.05) is 0 Å². The Kier molecular flexibility index (Phi) is 9.68. The van der Waals surface area contributed by atoms with Crippen LogP contribution in [0.4, 0.5) is 22.7 Å². The van der Waals surface area contributed by atoms with E-state index in [9.17, 15) is 0 Å². The molecule has 10 rings (SSSR count). The van der Waals surface area contributed by atoms with Crippen LogP contribution < -0.4 is 13.9 Å². The van der Waals surface area contributed by atoms with Gasteiger partial charge in [0.15, 0.2) is 18.0 Å². The molecule has 0 radical (unpaired) electrons. The third kappa shape index (κ3) is 6.45. The molecule has 6 aromatic carbocycles. The SMILES string of the molecule is CC(C)c1cc(C(C)C)c(-c2ccnc(-n3c4ccccc4c4ccc(Oc5cccc([N+]67[CH-][N@+]6(c6cccc(C(C)(C)C)c6)c6cc(C(C)(C)C)ccc67)c5)cc43)c2)c(C(C)C)c1. The van der Waals surface area contributed by atoms with Crippen molar-refractivity contribution in [2.45, 2.75) is 112 Å². The first-order valence-corrected chi connectivity index (χ1v) is 23.3. The van der Waals surface area contributed by atoms with Gasteiger partial charge in [0, 0.05) is 59.4 Å². The van der Waals surface area contributed by atoms with Crippen molar-refractivity contribution in [1.29, 1.82) is 0 Å². The summed E-state index contributed by atoms with van der Waals surface area (Å²) in [5.41, 5.74) is 16.8. The number of pyridine rings is 1. The van der Waals surface area contributed by atoms with Crippen molar-refractivity contribution in [3.63, 3.8) is 0 Å². The van der Waals surface area contributed by atoms with Gasteiger partial charge in [0.25, 0.3) is 0 Å². The highest BCUT2D eigenvalue weighted by atomic mass is 16.5. The molecule has 2 aliphatic heterocycles. The molecule has 64 heavy (non-hydrogen) atoms. The number of hydrogen-bond acceptors (Lipinski definition) is 2. The average molecular weight is 844 g/mol. The molecule has 1 fully saturated rings. The van der Waals surface area contributed by atoms with Crippen molar-refractivity contribution in [2.24, 2.45) is 0 Å². The van der Waals surface area contributed by atoms with Crippen LogP contribution in [0.1, 0.15) is 129 Å². The van der Waals surface area contributed by atoms with Gasteiger partial charge in [0.1, 0.15) is 17.3 Å². The predicted molar refractivity (Wildman–Crippen MR) is 270 cm³/mol. The summed E-state index contributed by atoms with van der Waals surface area (Å²) < 4.78 is 10.5. The topological polar surface area (TPSA) is 27.1 Å². The van der Waals surface area contributed by atoms with Gasteiger partial charge in [-0.3, -0.25) is 4.57 Å². The second kappa shape index (κ2) is 14.8. The fraction of sp³-hybridized carbons (Fsp3) is 0.288. The molecular formula is C59H63N4O+. The van der Waals surface area contributed by atoms with Crippen molar-refractivity contribution < 1.29 is 4.74 Å². The van der Waals surface area contributed by atoms with E-state index in [2.05, 4.69) is 228 Å². The number of ether oxygens (including phenoxy) is 1. The minimum atomic E-state index is 0.0363. The molecule has 2 aromatic heterocycles. The minimum absolute atomic E-state index is 0.0363. The quantitative estimate of drug-likeness (QED) is 0.0822. The average Bonchev–Trinajstić information content (AvgIpc) is 3.76. The van der Waals surface area contributed by atoms with Crippen LogP contribution in [0.2, 0.25) is 0 Å². The van der Waals surface area contributed by atoms with Crippen molar-refractivity contribution in [3.8, 4) is 28.4 Å². The van der Waals surface area contributed by atoms with Crippen LogP contribution in [0.25, 0.3) is 38.8 Å². The molecule has 0 N–H and O–H groups in total. The number of benzene rings is 6.